The third-order valence-electron chi connectivity index (χ3n) is 3.40. The number of aryl methyl sites for hydroxylation is 1. The Bertz CT molecular complexity index is 863. The van der Waals surface area contributed by atoms with Gasteiger partial charge in [0, 0.05) is 23.6 Å². The third-order valence-corrected chi connectivity index (χ3v) is 4.33. The van der Waals surface area contributed by atoms with E-state index in [0.717, 1.165) is 17.1 Å². The molecule has 0 unspecified atom stereocenters. The number of hydrogen-bond acceptors (Lipinski definition) is 6. The lowest BCUT2D eigenvalue weighted by Crippen LogP contribution is -2.14. The van der Waals surface area contributed by atoms with Crippen LogP contribution < -0.4 is 10.1 Å². The first kappa shape index (κ1) is 17.0. The molecule has 1 aromatic carbocycles. The van der Waals surface area contributed by atoms with E-state index in [1.807, 2.05) is 19.1 Å². The largest absolute Gasteiger partial charge is 0.497 e. The third kappa shape index (κ3) is 4.36. The fourth-order valence-corrected chi connectivity index (χ4v) is 2.81. The lowest BCUT2D eigenvalue weighted by Gasteiger charge is -2.07. The van der Waals surface area contributed by atoms with Crippen LogP contribution in [0.4, 0.5) is 5.69 Å². The lowest BCUT2D eigenvalue weighted by molar-refractivity contribution is -0.113. The zero-order valence-electron chi connectivity index (χ0n) is 13.8. The Balaban J connectivity index is 1.59. The average Bonchev–Trinajstić information content (AvgIpc) is 3.07. The number of amides is 1. The predicted molar refractivity (Wildman–Crippen MR) is 96.2 cm³/mol. The summed E-state index contributed by atoms with van der Waals surface area (Å²) in [6.07, 6.45) is 3.19. The summed E-state index contributed by atoms with van der Waals surface area (Å²) in [6.45, 7) is 1.95. The van der Waals surface area contributed by atoms with Gasteiger partial charge < -0.3 is 10.1 Å². The number of benzene rings is 1. The molecule has 0 radical (unpaired) electrons. The molecule has 0 fully saturated rings. The van der Waals surface area contributed by atoms with Crippen LogP contribution in [0.2, 0.25) is 0 Å². The molecule has 0 saturated heterocycles. The first-order valence-corrected chi connectivity index (χ1v) is 8.54. The maximum Gasteiger partial charge on any atom is 0.234 e. The first-order valence-electron chi connectivity index (χ1n) is 7.55. The molecule has 2 aromatic heterocycles. The minimum Gasteiger partial charge on any atom is -0.497 e. The molecule has 2 heterocycles. The molecule has 0 atom stereocenters. The number of ether oxygens (including phenoxy) is 1. The van der Waals surface area contributed by atoms with Crippen molar-refractivity contribution in [2.75, 3.05) is 18.2 Å². The van der Waals surface area contributed by atoms with Gasteiger partial charge in [0.15, 0.2) is 5.82 Å². The van der Waals surface area contributed by atoms with Crippen molar-refractivity contribution in [2.45, 2.75) is 11.9 Å². The maximum atomic E-state index is 12.1. The molecule has 0 spiro atoms. The van der Waals surface area contributed by atoms with Crippen LogP contribution in [0.1, 0.15) is 5.69 Å². The van der Waals surface area contributed by atoms with Crippen LogP contribution in [0.5, 0.6) is 5.75 Å². The van der Waals surface area contributed by atoms with Gasteiger partial charge in [-0.2, -0.15) is 5.10 Å². The van der Waals surface area contributed by atoms with Crippen molar-refractivity contribution in [3.8, 4) is 11.6 Å². The highest BCUT2D eigenvalue weighted by atomic mass is 32.2. The number of thioether (sulfide) groups is 1. The van der Waals surface area contributed by atoms with Gasteiger partial charge in [-0.25, -0.2) is 14.6 Å². The van der Waals surface area contributed by atoms with Crippen molar-refractivity contribution in [1.29, 1.82) is 0 Å². The second-order valence-corrected chi connectivity index (χ2v) is 6.16. The van der Waals surface area contributed by atoms with Gasteiger partial charge in [0.1, 0.15) is 17.1 Å². The minimum absolute atomic E-state index is 0.106. The predicted octanol–water partition coefficient (Wildman–Crippen LogP) is 2.71. The second-order valence-electron chi connectivity index (χ2n) is 5.16. The summed E-state index contributed by atoms with van der Waals surface area (Å²) < 4.78 is 6.82. The van der Waals surface area contributed by atoms with Crippen molar-refractivity contribution >= 4 is 23.4 Å². The van der Waals surface area contributed by atoms with Crippen molar-refractivity contribution in [3.05, 3.63) is 54.6 Å². The zero-order valence-corrected chi connectivity index (χ0v) is 14.7. The summed E-state index contributed by atoms with van der Waals surface area (Å²) in [4.78, 5) is 20.5. The summed E-state index contributed by atoms with van der Waals surface area (Å²) in [5.41, 5.74) is 1.70. The van der Waals surface area contributed by atoms with Crippen LogP contribution >= 0.6 is 11.8 Å². The Morgan fingerprint density at radius 1 is 1.24 bits per heavy atom. The Hall–Kier alpha value is -2.87. The number of aromatic nitrogens is 4. The normalized spacial score (nSPS) is 10.5. The van der Waals surface area contributed by atoms with Crippen LogP contribution in [-0.2, 0) is 4.79 Å². The molecule has 1 N–H and O–H groups in total. The van der Waals surface area contributed by atoms with E-state index in [9.17, 15) is 4.79 Å². The molecule has 3 aromatic rings. The molecule has 128 valence electrons. The van der Waals surface area contributed by atoms with Crippen molar-refractivity contribution in [1.82, 2.24) is 19.7 Å². The van der Waals surface area contributed by atoms with Gasteiger partial charge in [-0.3, -0.25) is 4.79 Å². The SMILES string of the molecule is COc1ccc(NC(=O)CSc2cc(-n3nccc3C)ncn2)cc1. The van der Waals surface area contributed by atoms with Crippen molar-refractivity contribution in [2.24, 2.45) is 0 Å². The van der Waals surface area contributed by atoms with E-state index in [-0.39, 0.29) is 11.7 Å². The number of rotatable bonds is 6. The molecule has 8 heteroatoms. The van der Waals surface area contributed by atoms with Crippen LogP contribution in [0.25, 0.3) is 5.82 Å². The molecular weight excluding hydrogens is 338 g/mol. The fraction of sp³-hybridized carbons (Fsp3) is 0.176. The molecule has 0 aliphatic heterocycles. The van der Waals surface area contributed by atoms with Crippen LogP contribution in [0.15, 0.2) is 53.9 Å². The number of nitrogens with zero attached hydrogens (tertiary/aromatic N) is 4. The number of anilines is 1. The van der Waals surface area contributed by atoms with E-state index in [1.54, 1.807) is 42.3 Å². The van der Waals surface area contributed by atoms with Gasteiger partial charge in [0.2, 0.25) is 5.91 Å². The quantitative estimate of drug-likeness (QED) is 0.541. The maximum absolute atomic E-state index is 12.1. The van der Waals surface area contributed by atoms with Crippen LogP contribution in [-0.4, -0.2) is 38.5 Å². The summed E-state index contributed by atoms with van der Waals surface area (Å²) in [5.74, 6) is 1.57. The highest BCUT2D eigenvalue weighted by Crippen LogP contribution is 2.19. The summed E-state index contributed by atoms with van der Waals surface area (Å²) in [5, 5.41) is 7.77. The summed E-state index contributed by atoms with van der Waals surface area (Å²) in [6, 6.07) is 10.9. The molecule has 7 nitrogen and oxygen atoms in total. The first-order chi connectivity index (χ1) is 12.2. The number of nitrogens with one attached hydrogen (secondary N) is 1. The van der Waals surface area contributed by atoms with E-state index in [4.69, 9.17) is 4.74 Å². The average molecular weight is 355 g/mol. The highest BCUT2D eigenvalue weighted by Gasteiger charge is 2.08. The lowest BCUT2D eigenvalue weighted by atomic mass is 10.3. The van der Waals surface area contributed by atoms with Crippen molar-refractivity contribution in [3.63, 3.8) is 0 Å². The molecule has 3 rings (SSSR count). The van der Waals surface area contributed by atoms with E-state index < -0.39 is 0 Å². The van der Waals surface area contributed by atoms with Gasteiger partial charge in [0.25, 0.3) is 0 Å². The molecule has 25 heavy (non-hydrogen) atoms. The second kappa shape index (κ2) is 7.80. The number of carbonyl (C=O) groups excluding carboxylic acids is 1. The van der Waals surface area contributed by atoms with Gasteiger partial charge >= 0.3 is 0 Å². The summed E-state index contributed by atoms with van der Waals surface area (Å²) >= 11 is 1.34. The molecule has 0 bridgehead atoms. The van der Waals surface area contributed by atoms with E-state index in [1.165, 1.54) is 18.1 Å². The van der Waals surface area contributed by atoms with Gasteiger partial charge in [-0.05, 0) is 37.3 Å². The molecule has 1 amide bonds. The standard InChI is InChI=1S/C17H17N5O2S/c1-12-7-8-20-22(12)15-9-17(19-11-18-15)25-10-16(23)21-13-3-5-14(24-2)6-4-13/h3-9,11H,10H2,1-2H3,(H,21,23). The van der Waals surface area contributed by atoms with E-state index >= 15 is 0 Å². The fourth-order valence-electron chi connectivity index (χ4n) is 2.14. The zero-order chi connectivity index (χ0) is 17.6. The smallest absolute Gasteiger partial charge is 0.234 e. The highest BCUT2D eigenvalue weighted by molar-refractivity contribution is 7.99. The number of methoxy groups -OCH3 is 1. The Labute approximate surface area is 149 Å². The monoisotopic (exact) mass is 355 g/mol. The Morgan fingerprint density at radius 3 is 2.72 bits per heavy atom. The number of hydrogen-bond donors (Lipinski definition) is 1. The number of carbonyl (C=O) groups is 1. The minimum atomic E-state index is -0.106. The molecule has 0 aliphatic carbocycles. The van der Waals surface area contributed by atoms with Crippen molar-refractivity contribution < 1.29 is 9.53 Å². The van der Waals surface area contributed by atoms with Gasteiger partial charge in [-0.1, -0.05) is 11.8 Å². The van der Waals surface area contributed by atoms with Crippen LogP contribution in [0, 0.1) is 6.92 Å². The van der Waals surface area contributed by atoms with E-state index in [0.29, 0.717) is 10.8 Å². The molecule has 0 aliphatic rings. The molecule has 0 saturated carbocycles. The Kier molecular flexibility index (Phi) is 5.30. The van der Waals surface area contributed by atoms with Crippen LogP contribution in [0.3, 0.4) is 0 Å². The molecular formula is C17H17N5O2S. The Morgan fingerprint density at radius 2 is 2.04 bits per heavy atom. The summed E-state index contributed by atoms with van der Waals surface area (Å²) in [7, 11) is 1.60. The van der Waals surface area contributed by atoms with Gasteiger partial charge in [0.05, 0.1) is 12.9 Å². The van der Waals surface area contributed by atoms with E-state index in [2.05, 4.69) is 20.4 Å². The topological polar surface area (TPSA) is 81.9 Å². The van der Waals surface area contributed by atoms with Gasteiger partial charge in [-0.15, -0.1) is 0 Å².